The van der Waals surface area contributed by atoms with Crippen LogP contribution in [0.3, 0.4) is 0 Å². The quantitative estimate of drug-likeness (QED) is 0.670. The van der Waals surface area contributed by atoms with Gasteiger partial charge in [0.05, 0.1) is 10.9 Å². The predicted molar refractivity (Wildman–Crippen MR) is 101 cm³/mol. The van der Waals surface area contributed by atoms with Crippen molar-refractivity contribution in [1.29, 1.82) is 0 Å². The molecule has 0 aliphatic heterocycles. The van der Waals surface area contributed by atoms with Crippen LogP contribution in [0.4, 0.5) is 0 Å². The number of ether oxygens (including phenoxy) is 1. The van der Waals surface area contributed by atoms with Crippen molar-refractivity contribution in [1.82, 2.24) is 5.32 Å². The van der Waals surface area contributed by atoms with Crippen LogP contribution in [-0.4, -0.2) is 26.7 Å². The van der Waals surface area contributed by atoms with E-state index >= 15 is 0 Å². The second-order valence-corrected chi connectivity index (χ2v) is 7.55. The molecule has 0 aliphatic carbocycles. The minimum atomic E-state index is -3.75. The monoisotopic (exact) mass is 390 g/mol. The van der Waals surface area contributed by atoms with Gasteiger partial charge in [-0.25, -0.2) is 13.6 Å². The Morgan fingerprint density at radius 1 is 1.07 bits per heavy atom. The molecule has 1 amide bonds. The molecule has 3 N–H and O–H groups in total. The molecule has 0 fully saturated rings. The largest absolute Gasteiger partial charge is 0.484 e. The zero-order valence-electron chi connectivity index (χ0n) is 15.1. The van der Waals surface area contributed by atoms with Crippen molar-refractivity contribution >= 4 is 21.7 Å². The summed E-state index contributed by atoms with van der Waals surface area (Å²) in [5.74, 6) is 0.205. The number of nitrogens with one attached hydrogen (secondary N) is 1. The number of amides is 1. The van der Waals surface area contributed by atoms with E-state index in [4.69, 9.17) is 9.88 Å². The zero-order chi connectivity index (χ0) is 20.0. The van der Waals surface area contributed by atoms with E-state index in [9.17, 15) is 18.0 Å². The van der Waals surface area contributed by atoms with Crippen LogP contribution in [0.25, 0.3) is 0 Å². The Kier molecular flexibility index (Phi) is 6.70. The maximum absolute atomic E-state index is 12.0. The van der Waals surface area contributed by atoms with Crippen LogP contribution in [0.2, 0.25) is 0 Å². The fourth-order valence-electron chi connectivity index (χ4n) is 2.40. The van der Waals surface area contributed by atoms with E-state index in [0.717, 1.165) is 5.56 Å². The number of Topliss-reactive ketones (excluding diaryl/α,β-unsaturated/α-hetero) is 1. The van der Waals surface area contributed by atoms with Gasteiger partial charge in [0.1, 0.15) is 5.75 Å². The van der Waals surface area contributed by atoms with E-state index in [-0.39, 0.29) is 29.2 Å². The van der Waals surface area contributed by atoms with Gasteiger partial charge in [-0.3, -0.25) is 9.59 Å². The molecule has 0 radical (unpaired) electrons. The number of ketones is 1. The summed E-state index contributed by atoms with van der Waals surface area (Å²) < 4.78 is 27.9. The van der Waals surface area contributed by atoms with Crippen LogP contribution in [-0.2, 0) is 14.8 Å². The Morgan fingerprint density at radius 3 is 2.19 bits per heavy atom. The summed E-state index contributed by atoms with van der Waals surface area (Å²) in [6.45, 7) is 3.39. The number of nitrogens with two attached hydrogens (primary N) is 1. The van der Waals surface area contributed by atoms with E-state index in [0.29, 0.717) is 17.7 Å². The first-order valence-corrected chi connectivity index (χ1v) is 9.93. The molecule has 1 unspecified atom stereocenters. The van der Waals surface area contributed by atoms with Crippen molar-refractivity contribution in [3.63, 3.8) is 0 Å². The van der Waals surface area contributed by atoms with Crippen LogP contribution in [0.1, 0.15) is 42.2 Å². The summed E-state index contributed by atoms with van der Waals surface area (Å²) in [6, 6.07) is 12.2. The first-order valence-electron chi connectivity index (χ1n) is 8.39. The zero-order valence-corrected chi connectivity index (χ0v) is 16.0. The third kappa shape index (κ3) is 5.90. The van der Waals surface area contributed by atoms with E-state index in [1.807, 2.05) is 0 Å². The average molecular weight is 390 g/mol. The lowest BCUT2D eigenvalue weighted by molar-refractivity contribution is -0.123. The average Bonchev–Trinajstić information content (AvgIpc) is 2.65. The Morgan fingerprint density at radius 2 is 1.67 bits per heavy atom. The molecule has 1 atom stereocenters. The molecule has 8 heteroatoms. The Hall–Kier alpha value is -2.71. The maximum atomic E-state index is 12.0. The Balaban J connectivity index is 1.88. The number of carbonyl (C=O) groups excluding carboxylic acids is 2. The van der Waals surface area contributed by atoms with Crippen molar-refractivity contribution in [2.75, 3.05) is 6.61 Å². The molecule has 0 aromatic heterocycles. The molecular formula is C19H22N2O5S. The molecule has 144 valence electrons. The lowest BCUT2D eigenvalue weighted by atomic mass is 10.1. The van der Waals surface area contributed by atoms with Crippen molar-refractivity contribution in [2.45, 2.75) is 31.2 Å². The highest BCUT2D eigenvalue weighted by Gasteiger charge is 2.13. The SMILES string of the molecule is CCC(=O)c1ccc(OCC(=O)NC(C)c2ccc(S(N)(=O)=O)cc2)cc1. The van der Waals surface area contributed by atoms with Crippen LogP contribution in [0.15, 0.2) is 53.4 Å². The predicted octanol–water partition coefficient (Wildman–Crippen LogP) is 2.18. The van der Waals surface area contributed by atoms with E-state index in [1.54, 1.807) is 50.2 Å². The number of primary sulfonamides is 1. The highest BCUT2D eigenvalue weighted by molar-refractivity contribution is 7.89. The van der Waals surface area contributed by atoms with Gasteiger partial charge in [-0.05, 0) is 48.9 Å². The van der Waals surface area contributed by atoms with Crippen molar-refractivity contribution < 1.29 is 22.7 Å². The highest BCUT2D eigenvalue weighted by atomic mass is 32.2. The summed E-state index contributed by atoms with van der Waals surface area (Å²) >= 11 is 0. The number of carbonyl (C=O) groups is 2. The molecule has 0 heterocycles. The molecular weight excluding hydrogens is 368 g/mol. The van der Waals surface area contributed by atoms with Gasteiger partial charge in [-0.2, -0.15) is 0 Å². The van der Waals surface area contributed by atoms with E-state index in [1.165, 1.54) is 12.1 Å². The van der Waals surface area contributed by atoms with Crippen molar-refractivity contribution in [2.24, 2.45) is 5.14 Å². The second kappa shape index (κ2) is 8.79. The Labute approximate surface area is 158 Å². The number of hydrogen-bond acceptors (Lipinski definition) is 5. The number of benzene rings is 2. The normalized spacial score (nSPS) is 12.3. The van der Waals surface area contributed by atoms with E-state index < -0.39 is 10.0 Å². The van der Waals surface area contributed by atoms with Crippen LogP contribution >= 0.6 is 0 Å². The molecule has 0 spiro atoms. The summed E-state index contributed by atoms with van der Waals surface area (Å²) in [5.41, 5.74) is 1.34. The van der Waals surface area contributed by atoms with Gasteiger partial charge in [0.25, 0.3) is 5.91 Å². The van der Waals surface area contributed by atoms with Gasteiger partial charge >= 0.3 is 0 Å². The molecule has 0 saturated carbocycles. The summed E-state index contributed by atoms with van der Waals surface area (Å²) in [4.78, 5) is 23.6. The summed E-state index contributed by atoms with van der Waals surface area (Å²) in [6.07, 6.45) is 0.429. The van der Waals surface area contributed by atoms with Gasteiger partial charge < -0.3 is 10.1 Å². The van der Waals surface area contributed by atoms with Gasteiger partial charge in [-0.1, -0.05) is 19.1 Å². The minimum absolute atomic E-state index is 0.0121. The molecule has 0 saturated heterocycles. The lowest BCUT2D eigenvalue weighted by Crippen LogP contribution is -2.31. The second-order valence-electron chi connectivity index (χ2n) is 5.99. The molecule has 2 rings (SSSR count). The minimum Gasteiger partial charge on any atom is -0.484 e. The fourth-order valence-corrected chi connectivity index (χ4v) is 2.92. The summed E-state index contributed by atoms with van der Waals surface area (Å²) in [5, 5.41) is 7.82. The first kappa shape index (κ1) is 20.6. The molecule has 7 nitrogen and oxygen atoms in total. The molecule has 0 aliphatic rings. The number of rotatable bonds is 8. The first-order chi connectivity index (χ1) is 12.7. The third-order valence-corrected chi connectivity index (χ3v) is 4.88. The molecule has 27 heavy (non-hydrogen) atoms. The number of sulfonamides is 1. The molecule has 2 aromatic rings. The van der Waals surface area contributed by atoms with Gasteiger partial charge in [0, 0.05) is 12.0 Å². The topological polar surface area (TPSA) is 116 Å². The van der Waals surface area contributed by atoms with Gasteiger partial charge in [-0.15, -0.1) is 0 Å². The van der Waals surface area contributed by atoms with Crippen molar-refractivity contribution in [3.05, 3.63) is 59.7 Å². The lowest BCUT2D eigenvalue weighted by Gasteiger charge is -2.15. The third-order valence-electron chi connectivity index (χ3n) is 3.95. The standard InChI is InChI=1S/C19H22N2O5S/c1-3-18(22)15-4-8-16(9-5-15)26-12-19(23)21-13(2)14-6-10-17(11-7-14)27(20,24)25/h4-11,13H,3,12H2,1-2H3,(H,21,23)(H2,20,24,25). The van der Waals surface area contributed by atoms with E-state index in [2.05, 4.69) is 5.32 Å². The Bertz CT molecular complexity index is 906. The number of hydrogen-bond donors (Lipinski definition) is 2. The maximum Gasteiger partial charge on any atom is 0.258 e. The summed E-state index contributed by atoms with van der Waals surface area (Å²) in [7, 11) is -3.75. The van der Waals surface area contributed by atoms with Crippen molar-refractivity contribution in [3.8, 4) is 5.75 Å². The highest BCUT2D eigenvalue weighted by Crippen LogP contribution is 2.16. The molecule has 2 aromatic carbocycles. The smallest absolute Gasteiger partial charge is 0.258 e. The fraction of sp³-hybridized carbons (Fsp3) is 0.263. The van der Waals surface area contributed by atoms with Gasteiger partial charge in [0.2, 0.25) is 10.0 Å². The van der Waals surface area contributed by atoms with Crippen LogP contribution < -0.4 is 15.2 Å². The van der Waals surface area contributed by atoms with Crippen LogP contribution in [0, 0.1) is 0 Å². The molecule has 0 bridgehead atoms. The van der Waals surface area contributed by atoms with Gasteiger partial charge in [0.15, 0.2) is 12.4 Å². The van der Waals surface area contributed by atoms with Crippen LogP contribution in [0.5, 0.6) is 5.75 Å².